The van der Waals surface area contributed by atoms with Gasteiger partial charge in [0.1, 0.15) is 5.58 Å². The van der Waals surface area contributed by atoms with Gasteiger partial charge in [0.05, 0.1) is 6.26 Å². The molecular weight excluding hydrogens is 167 g/mol. The second kappa shape index (κ2) is 2.90. The second-order valence-electron chi connectivity index (χ2n) is 3.05. The van der Waals surface area contributed by atoms with Crippen molar-refractivity contribution >= 4 is 23.6 Å². The van der Waals surface area contributed by atoms with E-state index in [2.05, 4.69) is 0 Å². The molecule has 1 aromatic heterocycles. The molecule has 3 nitrogen and oxygen atoms in total. The minimum absolute atomic E-state index is 0.492. The zero-order valence-corrected chi connectivity index (χ0v) is 7.19. The monoisotopic (exact) mass is 176 g/mol. The van der Waals surface area contributed by atoms with Gasteiger partial charge in [-0.1, -0.05) is 12.1 Å². The molecule has 1 aromatic carbocycles. The number of fused-ring (bicyclic) bond motifs is 1. The molecule has 4 heteroatoms. The Balaban J connectivity index is 2.70. The maximum Gasteiger partial charge on any atom is 0.488 e. The first kappa shape index (κ1) is 8.35. The summed E-state index contributed by atoms with van der Waals surface area (Å²) in [5.41, 5.74) is 2.20. The lowest BCUT2D eigenvalue weighted by Crippen LogP contribution is -2.29. The summed E-state index contributed by atoms with van der Waals surface area (Å²) in [6.45, 7) is 1.87. The third kappa shape index (κ3) is 1.34. The van der Waals surface area contributed by atoms with E-state index in [4.69, 9.17) is 14.5 Å². The number of hydrogen-bond donors (Lipinski definition) is 2. The van der Waals surface area contributed by atoms with E-state index >= 15 is 0 Å². The number of furan rings is 1. The van der Waals surface area contributed by atoms with Gasteiger partial charge in [-0.15, -0.1) is 0 Å². The van der Waals surface area contributed by atoms with Gasteiger partial charge in [0.25, 0.3) is 0 Å². The molecular formula is C9H9BO3. The molecule has 1 heterocycles. The van der Waals surface area contributed by atoms with E-state index in [-0.39, 0.29) is 0 Å². The highest BCUT2D eigenvalue weighted by atomic mass is 16.4. The summed E-state index contributed by atoms with van der Waals surface area (Å²) in [6, 6.07) is 5.21. The summed E-state index contributed by atoms with van der Waals surface area (Å²) in [6.07, 6.45) is 1.59. The highest BCUT2D eigenvalue weighted by Crippen LogP contribution is 2.17. The Morgan fingerprint density at radius 2 is 2.08 bits per heavy atom. The summed E-state index contributed by atoms with van der Waals surface area (Å²) in [5, 5.41) is 18.8. The molecule has 0 spiro atoms. The molecule has 0 aliphatic carbocycles. The van der Waals surface area contributed by atoms with Crippen molar-refractivity contribution in [1.82, 2.24) is 0 Å². The second-order valence-corrected chi connectivity index (χ2v) is 3.05. The number of hydrogen-bond acceptors (Lipinski definition) is 3. The van der Waals surface area contributed by atoms with Crippen molar-refractivity contribution in [3.63, 3.8) is 0 Å². The Labute approximate surface area is 75.8 Å². The molecule has 0 unspecified atom stereocenters. The summed E-state index contributed by atoms with van der Waals surface area (Å²) in [5.74, 6) is 0. The fourth-order valence-electron chi connectivity index (χ4n) is 1.44. The molecule has 2 N–H and O–H groups in total. The van der Waals surface area contributed by atoms with E-state index in [9.17, 15) is 0 Å². The Morgan fingerprint density at radius 1 is 1.31 bits per heavy atom. The Hall–Kier alpha value is -1.26. The van der Waals surface area contributed by atoms with Crippen LogP contribution in [0.1, 0.15) is 5.56 Å². The van der Waals surface area contributed by atoms with Crippen molar-refractivity contribution < 1.29 is 14.5 Å². The van der Waals surface area contributed by atoms with Gasteiger partial charge in [-0.25, -0.2) is 0 Å². The summed E-state index contributed by atoms with van der Waals surface area (Å²) < 4.78 is 5.22. The molecule has 2 aromatic rings. The van der Waals surface area contributed by atoms with Gasteiger partial charge in [-0.3, -0.25) is 0 Å². The van der Waals surface area contributed by atoms with Crippen LogP contribution >= 0.6 is 0 Å². The zero-order chi connectivity index (χ0) is 9.42. The van der Waals surface area contributed by atoms with E-state index < -0.39 is 7.12 Å². The van der Waals surface area contributed by atoms with E-state index in [1.807, 2.05) is 6.92 Å². The first-order valence-corrected chi connectivity index (χ1v) is 4.02. The predicted molar refractivity (Wildman–Crippen MR) is 50.8 cm³/mol. The lowest BCUT2D eigenvalue weighted by molar-refractivity contribution is 0.426. The molecule has 0 aliphatic rings. The van der Waals surface area contributed by atoms with Crippen LogP contribution in [0.4, 0.5) is 0 Å². The molecule has 0 aliphatic heterocycles. The van der Waals surface area contributed by atoms with Gasteiger partial charge in [0.2, 0.25) is 0 Å². The summed E-state index contributed by atoms with van der Waals surface area (Å²) in [7, 11) is -1.42. The normalized spacial score (nSPS) is 10.7. The average molecular weight is 176 g/mol. The molecule has 13 heavy (non-hydrogen) atoms. The van der Waals surface area contributed by atoms with Crippen LogP contribution in [0, 0.1) is 6.92 Å². The van der Waals surface area contributed by atoms with Crippen LogP contribution in [-0.4, -0.2) is 17.2 Å². The van der Waals surface area contributed by atoms with Crippen LogP contribution in [0.25, 0.3) is 11.0 Å². The Bertz CT molecular complexity index is 433. The van der Waals surface area contributed by atoms with Crippen molar-refractivity contribution in [3.8, 4) is 0 Å². The third-order valence-corrected chi connectivity index (χ3v) is 2.06. The standard InChI is InChI=1S/C9H9BO3/c1-6-4-8(10(11)12)5-7-2-3-13-9(6)7/h2-5,11-12H,1H3. The maximum atomic E-state index is 8.97. The molecule has 66 valence electrons. The largest absolute Gasteiger partial charge is 0.488 e. The van der Waals surface area contributed by atoms with Crippen LogP contribution in [-0.2, 0) is 0 Å². The van der Waals surface area contributed by atoms with E-state index in [0.29, 0.717) is 5.46 Å². The summed E-state index contributed by atoms with van der Waals surface area (Å²) in [4.78, 5) is 0. The van der Waals surface area contributed by atoms with Crippen molar-refractivity contribution in [3.05, 3.63) is 30.0 Å². The molecule has 0 fully saturated rings. The zero-order valence-electron chi connectivity index (χ0n) is 7.19. The Kier molecular flexibility index (Phi) is 1.86. The third-order valence-electron chi connectivity index (χ3n) is 2.06. The SMILES string of the molecule is Cc1cc(B(O)O)cc2ccoc12. The highest BCUT2D eigenvalue weighted by Gasteiger charge is 2.13. The van der Waals surface area contributed by atoms with Crippen molar-refractivity contribution in [1.29, 1.82) is 0 Å². The molecule has 0 bridgehead atoms. The van der Waals surface area contributed by atoms with E-state index in [1.54, 1.807) is 24.5 Å². The minimum atomic E-state index is -1.42. The predicted octanol–water partition coefficient (Wildman–Crippen LogP) is 0.421. The lowest BCUT2D eigenvalue weighted by Gasteiger charge is -2.01. The topological polar surface area (TPSA) is 53.6 Å². The Morgan fingerprint density at radius 3 is 2.77 bits per heavy atom. The molecule has 0 atom stereocenters. The first-order chi connectivity index (χ1) is 6.18. The van der Waals surface area contributed by atoms with Crippen LogP contribution in [0.3, 0.4) is 0 Å². The quantitative estimate of drug-likeness (QED) is 0.619. The van der Waals surface area contributed by atoms with Crippen LogP contribution < -0.4 is 5.46 Å². The molecule has 0 radical (unpaired) electrons. The fraction of sp³-hybridized carbons (Fsp3) is 0.111. The van der Waals surface area contributed by atoms with Crippen LogP contribution in [0.2, 0.25) is 0 Å². The smallest absolute Gasteiger partial charge is 0.464 e. The van der Waals surface area contributed by atoms with E-state index in [1.165, 1.54) is 0 Å². The van der Waals surface area contributed by atoms with Gasteiger partial charge in [-0.05, 0) is 24.0 Å². The van der Waals surface area contributed by atoms with Gasteiger partial charge in [-0.2, -0.15) is 0 Å². The maximum absolute atomic E-state index is 8.97. The van der Waals surface area contributed by atoms with Crippen molar-refractivity contribution in [2.45, 2.75) is 6.92 Å². The number of rotatable bonds is 1. The van der Waals surface area contributed by atoms with Crippen molar-refractivity contribution in [2.75, 3.05) is 0 Å². The lowest BCUT2D eigenvalue weighted by atomic mass is 9.79. The molecule has 0 amide bonds. The average Bonchev–Trinajstić information content (AvgIpc) is 2.51. The van der Waals surface area contributed by atoms with Gasteiger partial charge >= 0.3 is 7.12 Å². The van der Waals surface area contributed by atoms with Crippen molar-refractivity contribution in [2.24, 2.45) is 0 Å². The van der Waals surface area contributed by atoms with E-state index in [0.717, 1.165) is 16.5 Å². The minimum Gasteiger partial charge on any atom is -0.464 e. The number of aryl methyl sites for hydroxylation is 1. The highest BCUT2D eigenvalue weighted by molar-refractivity contribution is 6.59. The molecule has 0 saturated heterocycles. The van der Waals surface area contributed by atoms with Gasteiger partial charge < -0.3 is 14.5 Å². The van der Waals surface area contributed by atoms with Crippen LogP contribution in [0.5, 0.6) is 0 Å². The number of benzene rings is 1. The van der Waals surface area contributed by atoms with Gasteiger partial charge in [0, 0.05) is 5.39 Å². The molecule has 2 rings (SSSR count). The van der Waals surface area contributed by atoms with Gasteiger partial charge in [0.15, 0.2) is 0 Å². The summed E-state index contributed by atoms with van der Waals surface area (Å²) >= 11 is 0. The van der Waals surface area contributed by atoms with Crippen LogP contribution in [0.15, 0.2) is 28.9 Å². The fourth-order valence-corrected chi connectivity index (χ4v) is 1.44. The first-order valence-electron chi connectivity index (χ1n) is 4.02. The molecule has 0 saturated carbocycles.